The number of carbonyl (C=O) groups is 1. The molecule has 0 bridgehead atoms. The number of rotatable bonds is 2. The number of benzene rings is 1. The Balaban J connectivity index is 2.07. The van der Waals surface area contributed by atoms with Gasteiger partial charge in [0.1, 0.15) is 0 Å². The zero-order valence-corrected chi connectivity index (χ0v) is 12.7. The highest BCUT2D eigenvalue weighted by Gasteiger charge is 2.30. The summed E-state index contributed by atoms with van der Waals surface area (Å²) < 4.78 is 0. The van der Waals surface area contributed by atoms with E-state index in [0.717, 1.165) is 25.9 Å². The van der Waals surface area contributed by atoms with E-state index >= 15 is 0 Å². The van der Waals surface area contributed by atoms with Gasteiger partial charge in [-0.25, -0.2) is 0 Å². The van der Waals surface area contributed by atoms with Gasteiger partial charge in [-0.05, 0) is 45.0 Å². The summed E-state index contributed by atoms with van der Waals surface area (Å²) in [4.78, 5) is 14.2. The molecule has 0 atom stereocenters. The molecule has 0 unspecified atom stereocenters. The monoisotopic (exact) mass is 300 g/mol. The van der Waals surface area contributed by atoms with E-state index in [4.69, 9.17) is 23.2 Å². The van der Waals surface area contributed by atoms with E-state index in [1.54, 1.807) is 18.2 Å². The largest absolute Gasteiger partial charge is 0.339 e. The highest BCUT2D eigenvalue weighted by molar-refractivity contribution is 6.42. The number of nitrogens with one attached hydrogen (secondary N) is 1. The van der Waals surface area contributed by atoms with Crippen molar-refractivity contribution in [2.75, 3.05) is 20.1 Å². The lowest BCUT2D eigenvalue weighted by molar-refractivity contribution is 0.0662. The van der Waals surface area contributed by atoms with E-state index < -0.39 is 0 Å². The Hall–Kier alpha value is -0.770. The summed E-state index contributed by atoms with van der Waals surface area (Å²) in [5.74, 6) is 0.0247. The maximum atomic E-state index is 12.4. The summed E-state index contributed by atoms with van der Waals surface area (Å²) >= 11 is 11.8. The Bertz CT molecular complexity index is 482. The molecule has 1 saturated heterocycles. The molecule has 1 aliphatic rings. The predicted molar refractivity (Wildman–Crippen MR) is 79.1 cm³/mol. The van der Waals surface area contributed by atoms with Crippen LogP contribution in [0.1, 0.15) is 30.1 Å². The number of likely N-dealkylation sites (tertiary alicyclic amines) is 1. The number of hydrogen-bond acceptors (Lipinski definition) is 2. The molecular weight excluding hydrogens is 283 g/mol. The van der Waals surface area contributed by atoms with Crippen molar-refractivity contribution in [1.29, 1.82) is 0 Å². The SMILES string of the molecule is CNC1(C)CCN(C(=O)c2ccc(Cl)c(Cl)c2)CC1. The number of hydrogen-bond donors (Lipinski definition) is 1. The van der Waals surface area contributed by atoms with Gasteiger partial charge in [0, 0.05) is 24.2 Å². The third-order valence-corrected chi connectivity index (χ3v) is 4.66. The summed E-state index contributed by atoms with van der Waals surface area (Å²) in [6.45, 7) is 3.71. The van der Waals surface area contributed by atoms with Crippen LogP contribution < -0.4 is 5.32 Å². The van der Waals surface area contributed by atoms with Gasteiger partial charge in [0.05, 0.1) is 10.0 Å². The summed E-state index contributed by atoms with van der Waals surface area (Å²) in [6, 6.07) is 5.03. The van der Waals surface area contributed by atoms with Gasteiger partial charge in [-0.2, -0.15) is 0 Å². The first kappa shape index (κ1) is 14.6. The van der Waals surface area contributed by atoms with Gasteiger partial charge in [0.15, 0.2) is 0 Å². The Morgan fingerprint density at radius 3 is 2.42 bits per heavy atom. The molecule has 0 aromatic heterocycles. The van der Waals surface area contributed by atoms with Gasteiger partial charge >= 0.3 is 0 Å². The first-order valence-electron chi connectivity index (χ1n) is 6.38. The second kappa shape index (κ2) is 5.70. The molecular formula is C14H18Cl2N2O. The van der Waals surface area contributed by atoms with Crippen LogP contribution in [-0.2, 0) is 0 Å². The second-order valence-corrected chi connectivity index (χ2v) is 6.05. The molecule has 1 heterocycles. The Morgan fingerprint density at radius 2 is 1.89 bits per heavy atom. The molecule has 0 aliphatic carbocycles. The fourth-order valence-electron chi connectivity index (χ4n) is 2.27. The van der Waals surface area contributed by atoms with Crippen LogP contribution in [0.2, 0.25) is 10.0 Å². The van der Waals surface area contributed by atoms with Gasteiger partial charge < -0.3 is 10.2 Å². The minimum absolute atomic E-state index is 0.0247. The molecule has 1 amide bonds. The standard InChI is InChI=1S/C14H18Cl2N2O/c1-14(17-2)5-7-18(8-6-14)13(19)10-3-4-11(15)12(16)9-10/h3-4,9,17H,5-8H2,1-2H3. The number of carbonyl (C=O) groups excluding carboxylic acids is 1. The van der Waals surface area contributed by atoms with Crippen molar-refractivity contribution in [3.63, 3.8) is 0 Å². The summed E-state index contributed by atoms with van der Waals surface area (Å²) in [6.07, 6.45) is 1.91. The maximum Gasteiger partial charge on any atom is 0.253 e. The second-order valence-electron chi connectivity index (χ2n) is 5.23. The maximum absolute atomic E-state index is 12.4. The minimum atomic E-state index is 0.0247. The van der Waals surface area contributed by atoms with Gasteiger partial charge in [0.25, 0.3) is 5.91 Å². The molecule has 0 radical (unpaired) electrons. The van der Waals surface area contributed by atoms with E-state index in [2.05, 4.69) is 12.2 Å². The van der Waals surface area contributed by atoms with Crippen molar-refractivity contribution in [3.8, 4) is 0 Å². The number of nitrogens with zero attached hydrogens (tertiary/aromatic N) is 1. The van der Waals surface area contributed by atoms with Crippen molar-refractivity contribution in [2.45, 2.75) is 25.3 Å². The molecule has 2 rings (SSSR count). The van der Waals surface area contributed by atoms with Crippen LogP contribution in [0.3, 0.4) is 0 Å². The molecule has 1 aromatic carbocycles. The van der Waals surface area contributed by atoms with E-state index in [1.165, 1.54) is 0 Å². The van der Waals surface area contributed by atoms with E-state index in [9.17, 15) is 4.79 Å². The fraction of sp³-hybridized carbons (Fsp3) is 0.500. The molecule has 19 heavy (non-hydrogen) atoms. The predicted octanol–water partition coefficient (Wildman–Crippen LogP) is 3.21. The molecule has 1 aromatic rings. The van der Waals surface area contributed by atoms with Crippen LogP contribution in [0.15, 0.2) is 18.2 Å². The number of halogens is 2. The van der Waals surface area contributed by atoms with Gasteiger partial charge in [-0.1, -0.05) is 23.2 Å². The van der Waals surface area contributed by atoms with Crippen molar-refractivity contribution >= 4 is 29.1 Å². The lowest BCUT2D eigenvalue weighted by atomic mass is 9.89. The van der Waals surface area contributed by atoms with Crippen LogP contribution in [0.5, 0.6) is 0 Å². The highest BCUT2D eigenvalue weighted by atomic mass is 35.5. The lowest BCUT2D eigenvalue weighted by Crippen LogP contribution is -2.51. The minimum Gasteiger partial charge on any atom is -0.339 e. The molecule has 1 fully saturated rings. The molecule has 1 N–H and O–H groups in total. The lowest BCUT2D eigenvalue weighted by Gasteiger charge is -2.39. The average Bonchev–Trinajstić information content (AvgIpc) is 2.42. The molecule has 0 saturated carbocycles. The third kappa shape index (κ3) is 3.22. The number of amides is 1. The quantitative estimate of drug-likeness (QED) is 0.909. The molecule has 1 aliphatic heterocycles. The molecule has 104 valence electrons. The fourth-order valence-corrected chi connectivity index (χ4v) is 2.56. The van der Waals surface area contributed by atoms with Crippen LogP contribution in [0.4, 0.5) is 0 Å². The van der Waals surface area contributed by atoms with Crippen LogP contribution in [0, 0.1) is 0 Å². The molecule has 5 heteroatoms. The topological polar surface area (TPSA) is 32.3 Å². The Morgan fingerprint density at radius 1 is 1.26 bits per heavy atom. The van der Waals surface area contributed by atoms with Crippen LogP contribution in [-0.4, -0.2) is 36.5 Å². The summed E-state index contributed by atoms with van der Waals surface area (Å²) in [5.41, 5.74) is 0.733. The molecule has 3 nitrogen and oxygen atoms in total. The zero-order chi connectivity index (χ0) is 14.0. The van der Waals surface area contributed by atoms with Gasteiger partial charge in [0.2, 0.25) is 0 Å². The summed E-state index contributed by atoms with van der Waals surface area (Å²) in [7, 11) is 1.97. The average molecular weight is 301 g/mol. The third-order valence-electron chi connectivity index (χ3n) is 3.92. The smallest absolute Gasteiger partial charge is 0.253 e. The molecule has 0 spiro atoms. The van der Waals surface area contributed by atoms with E-state index in [1.807, 2.05) is 11.9 Å². The van der Waals surface area contributed by atoms with Crippen molar-refractivity contribution in [2.24, 2.45) is 0 Å². The highest BCUT2D eigenvalue weighted by Crippen LogP contribution is 2.25. The Kier molecular flexibility index (Phi) is 4.39. The first-order chi connectivity index (χ1) is 8.95. The normalized spacial score (nSPS) is 18.4. The van der Waals surface area contributed by atoms with E-state index in [-0.39, 0.29) is 11.4 Å². The van der Waals surface area contributed by atoms with Crippen molar-refractivity contribution in [3.05, 3.63) is 33.8 Å². The Labute approximate surface area is 123 Å². The van der Waals surface area contributed by atoms with Gasteiger partial charge in [-0.15, -0.1) is 0 Å². The van der Waals surface area contributed by atoms with Crippen LogP contribution >= 0.6 is 23.2 Å². The summed E-state index contributed by atoms with van der Waals surface area (Å²) in [5, 5.41) is 4.21. The zero-order valence-electron chi connectivity index (χ0n) is 11.2. The van der Waals surface area contributed by atoms with E-state index in [0.29, 0.717) is 15.6 Å². The number of piperidine rings is 1. The first-order valence-corrected chi connectivity index (χ1v) is 7.14. The van der Waals surface area contributed by atoms with Gasteiger partial charge in [-0.3, -0.25) is 4.79 Å². The van der Waals surface area contributed by atoms with Crippen molar-refractivity contribution < 1.29 is 4.79 Å². The van der Waals surface area contributed by atoms with Crippen LogP contribution in [0.25, 0.3) is 0 Å². The van der Waals surface area contributed by atoms with Crippen molar-refractivity contribution in [1.82, 2.24) is 10.2 Å².